The Hall–Kier alpha value is -1.42. The minimum atomic E-state index is -0.355. The minimum absolute atomic E-state index is 0.0536. The molecule has 3 nitrogen and oxygen atoms in total. The van der Waals surface area contributed by atoms with Gasteiger partial charge in [-0.3, -0.25) is 4.79 Å². The van der Waals surface area contributed by atoms with Crippen molar-refractivity contribution in [2.24, 2.45) is 0 Å². The van der Waals surface area contributed by atoms with Crippen molar-refractivity contribution in [3.8, 4) is 0 Å². The molecule has 2 rings (SSSR count). The Morgan fingerprint density at radius 1 is 1.40 bits per heavy atom. The number of aliphatic hydroxyl groups excluding tert-OH is 1. The number of β-amino-alcohol motifs (C(OH)–C–C–N with tert-alkyl or cyclic N) is 1. The molecule has 0 bridgehead atoms. The van der Waals surface area contributed by atoms with Crippen molar-refractivity contribution in [2.75, 3.05) is 18.1 Å². The van der Waals surface area contributed by atoms with Gasteiger partial charge in [-0.25, -0.2) is 4.39 Å². The molecule has 0 saturated carbocycles. The zero-order valence-corrected chi connectivity index (χ0v) is 8.24. The van der Waals surface area contributed by atoms with Crippen molar-refractivity contribution in [1.29, 1.82) is 0 Å². The van der Waals surface area contributed by atoms with Crippen LogP contribution >= 0.6 is 0 Å². The molecule has 80 valence electrons. The van der Waals surface area contributed by atoms with Crippen LogP contribution < -0.4 is 4.90 Å². The molecule has 1 aromatic carbocycles. The van der Waals surface area contributed by atoms with Crippen LogP contribution in [0.5, 0.6) is 0 Å². The van der Waals surface area contributed by atoms with Crippen molar-refractivity contribution in [2.45, 2.75) is 12.8 Å². The molecule has 0 aliphatic carbocycles. The average molecular weight is 209 g/mol. The summed E-state index contributed by atoms with van der Waals surface area (Å²) >= 11 is 0. The van der Waals surface area contributed by atoms with Crippen LogP contribution in [-0.2, 0) is 11.2 Å². The minimum Gasteiger partial charge on any atom is -0.395 e. The molecular weight excluding hydrogens is 197 g/mol. The van der Waals surface area contributed by atoms with Gasteiger partial charge in [-0.05, 0) is 24.1 Å². The lowest BCUT2D eigenvalue weighted by atomic mass is 10.0. The van der Waals surface area contributed by atoms with Crippen molar-refractivity contribution >= 4 is 11.6 Å². The second-order valence-corrected chi connectivity index (χ2v) is 3.54. The molecule has 0 saturated heterocycles. The van der Waals surface area contributed by atoms with E-state index >= 15 is 0 Å². The summed E-state index contributed by atoms with van der Waals surface area (Å²) in [6.07, 6.45) is 1.08. The summed E-state index contributed by atoms with van der Waals surface area (Å²) < 4.78 is 13.0. The first-order valence-electron chi connectivity index (χ1n) is 4.92. The summed E-state index contributed by atoms with van der Waals surface area (Å²) in [6, 6.07) is 4.44. The van der Waals surface area contributed by atoms with Crippen LogP contribution in [0.3, 0.4) is 0 Å². The Kier molecular flexibility index (Phi) is 2.68. The summed E-state index contributed by atoms with van der Waals surface area (Å²) in [4.78, 5) is 13.0. The molecule has 1 heterocycles. The van der Waals surface area contributed by atoms with Gasteiger partial charge in [0.25, 0.3) is 0 Å². The maximum atomic E-state index is 13.0. The number of amides is 1. The molecule has 0 aromatic heterocycles. The van der Waals surface area contributed by atoms with Gasteiger partial charge in [-0.1, -0.05) is 6.07 Å². The zero-order valence-electron chi connectivity index (χ0n) is 8.24. The fraction of sp³-hybridized carbons (Fsp3) is 0.364. The summed E-state index contributed by atoms with van der Waals surface area (Å²) in [6.45, 7) is 0.122. The molecule has 1 N–H and O–H groups in total. The van der Waals surface area contributed by atoms with E-state index < -0.39 is 0 Å². The number of rotatable bonds is 2. The third-order valence-electron chi connectivity index (χ3n) is 2.57. The first kappa shape index (κ1) is 10.1. The maximum absolute atomic E-state index is 13.0. The second kappa shape index (κ2) is 3.98. The fourth-order valence-electron chi connectivity index (χ4n) is 1.86. The third kappa shape index (κ3) is 1.85. The number of benzene rings is 1. The molecule has 1 aliphatic heterocycles. The topological polar surface area (TPSA) is 40.5 Å². The number of aliphatic hydroxyl groups is 1. The number of carbonyl (C=O) groups excluding carboxylic acids is 1. The first-order valence-corrected chi connectivity index (χ1v) is 4.92. The Morgan fingerprint density at radius 3 is 2.93 bits per heavy atom. The number of aryl methyl sites for hydroxylation is 1. The van der Waals surface area contributed by atoms with E-state index in [0.717, 1.165) is 5.56 Å². The molecule has 4 heteroatoms. The van der Waals surface area contributed by atoms with Gasteiger partial charge in [0.1, 0.15) is 5.82 Å². The van der Waals surface area contributed by atoms with Crippen molar-refractivity contribution < 1.29 is 14.3 Å². The van der Waals surface area contributed by atoms with Gasteiger partial charge in [0.15, 0.2) is 0 Å². The number of carbonyl (C=O) groups is 1. The molecule has 1 amide bonds. The average Bonchev–Trinajstić information content (AvgIpc) is 2.23. The maximum Gasteiger partial charge on any atom is 0.227 e. The van der Waals surface area contributed by atoms with Crippen LogP contribution in [0, 0.1) is 5.82 Å². The first-order chi connectivity index (χ1) is 7.22. The van der Waals surface area contributed by atoms with E-state index in [1.807, 2.05) is 0 Å². The summed E-state index contributed by atoms with van der Waals surface area (Å²) in [7, 11) is 0. The second-order valence-electron chi connectivity index (χ2n) is 3.54. The lowest BCUT2D eigenvalue weighted by Gasteiger charge is -2.28. The van der Waals surface area contributed by atoms with Crippen LogP contribution in [0.4, 0.5) is 10.1 Å². The Bertz CT molecular complexity index is 392. The highest BCUT2D eigenvalue weighted by Crippen LogP contribution is 2.28. The van der Waals surface area contributed by atoms with Crippen LogP contribution in [0.25, 0.3) is 0 Å². The quantitative estimate of drug-likeness (QED) is 0.792. The predicted octanol–water partition coefficient (Wildman–Crippen LogP) is 1.10. The third-order valence-corrected chi connectivity index (χ3v) is 2.57. The Balaban J connectivity index is 2.41. The van der Waals surface area contributed by atoms with Crippen LogP contribution in [-0.4, -0.2) is 24.2 Å². The van der Waals surface area contributed by atoms with Gasteiger partial charge in [-0.15, -0.1) is 0 Å². The number of hydrogen-bond acceptors (Lipinski definition) is 2. The number of fused-ring (bicyclic) bond motifs is 1. The summed E-state index contributed by atoms with van der Waals surface area (Å²) in [5.74, 6) is -0.409. The highest BCUT2D eigenvalue weighted by atomic mass is 19.1. The molecule has 0 radical (unpaired) electrons. The smallest absolute Gasteiger partial charge is 0.227 e. The monoisotopic (exact) mass is 209 g/mol. The van der Waals surface area contributed by atoms with Crippen LogP contribution in [0.2, 0.25) is 0 Å². The van der Waals surface area contributed by atoms with E-state index in [1.54, 1.807) is 6.07 Å². The van der Waals surface area contributed by atoms with Crippen molar-refractivity contribution in [3.05, 3.63) is 29.6 Å². The van der Waals surface area contributed by atoms with E-state index in [2.05, 4.69) is 0 Å². The molecule has 0 spiro atoms. The van der Waals surface area contributed by atoms with Gasteiger partial charge in [-0.2, -0.15) is 0 Å². The van der Waals surface area contributed by atoms with Gasteiger partial charge < -0.3 is 10.0 Å². The van der Waals surface area contributed by atoms with E-state index in [0.29, 0.717) is 18.5 Å². The lowest BCUT2D eigenvalue weighted by Crippen LogP contribution is -2.37. The van der Waals surface area contributed by atoms with E-state index in [9.17, 15) is 9.18 Å². The lowest BCUT2D eigenvalue weighted by molar-refractivity contribution is -0.119. The van der Waals surface area contributed by atoms with Gasteiger partial charge in [0.05, 0.1) is 6.61 Å². The molecule has 0 atom stereocenters. The molecule has 1 aliphatic rings. The Labute approximate surface area is 87.1 Å². The summed E-state index contributed by atoms with van der Waals surface area (Å²) in [5.41, 5.74) is 1.56. The van der Waals surface area contributed by atoms with Gasteiger partial charge in [0, 0.05) is 18.7 Å². The number of nitrogens with zero attached hydrogens (tertiary/aromatic N) is 1. The molecular formula is C11H12FNO2. The highest BCUT2D eigenvalue weighted by Gasteiger charge is 2.23. The fourth-order valence-corrected chi connectivity index (χ4v) is 1.86. The van der Waals surface area contributed by atoms with Gasteiger partial charge in [0.2, 0.25) is 5.91 Å². The van der Waals surface area contributed by atoms with Crippen LogP contribution in [0.15, 0.2) is 18.2 Å². The van der Waals surface area contributed by atoms with Crippen molar-refractivity contribution in [1.82, 2.24) is 0 Å². The highest BCUT2D eigenvalue weighted by molar-refractivity contribution is 5.96. The summed E-state index contributed by atoms with van der Waals surface area (Å²) in [5, 5.41) is 8.84. The largest absolute Gasteiger partial charge is 0.395 e. The number of halogens is 1. The van der Waals surface area contributed by atoms with E-state index in [1.165, 1.54) is 17.0 Å². The standard InChI is InChI=1S/C11H12FNO2/c12-9-3-1-8-2-4-11(15)13(5-6-14)10(8)7-9/h1,3,7,14H,2,4-6H2. The molecule has 1 aromatic rings. The van der Waals surface area contributed by atoms with Crippen LogP contribution in [0.1, 0.15) is 12.0 Å². The predicted molar refractivity (Wildman–Crippen MR) is 54.2 cm³/mol. The van der Waals surface area contributed by atoms with Crippen molar-refractivity contribution in [3.63, 3.8) is 0 Å². The molecule has 0 unspecified atom stereocenters. The SMILES string of the molecule is O=C1CCc2ccc(F)cc2N1CCO. The molecule has 15 heavy (non-hydrogen) atoms. The number of anilines is 1. The Morgan fingerprint density at radius 2 is 2.20 bits per heavy atom. The molecule has 0 fully saturated rings. The van der Waals surface area contributed by atoms with E-state index in [-0.39, 0.29) is 24.9 Å². The zero-order chi connectivity index (χ0) is 10.8. The number of hydrogen-bond donors (Lipinski definition) is 1. The normalized spacial score (nSPS) is 15.3. The van der Waals surface area contributed by atoms with Gasteiger partial charge >= 0.3 is 0 Å². The van der Waals surface area contributed by atoms with E-state index in [4.69, 9.17) is 5.11 Å².